The first kappa shape index (κ1) is 6.42. The third-order valence-corrected chi connectivity index (χ3v) is 1.82. The lowest BCUT2D eigenvalue weighted by Crippen LogP contribution is -1.87. The topological polar surface area (TPSA) is 36.7 Å². The standard InChI is InChI=1S/C6H8N2S/c1-9(7)6-4-2-3-5-8-6/h2-5,7H,1H3. The number of nitrogens with one attached hydrogen (secondary N) is 1. The van der Waals surface area contributed by atoms with Crippen LogP contribution in [0.2, 0.25) is 0 Å². The molecule has 0 aromatic carbocycles. The Bertz CT molecular complexity index is 208. The summed E-state index contributed by atoms with van der Waals surface area (Å²) in [5, 5.41) is 0.859. The van der Waals surface area contributed by atoms with E-state index in [0.29, 0.717) is 0 Å². The molecule has 0 saturated carbocycles. The van der Waals surface area contributed by atoms with Gasteiger partial charge in [-0.15, -0.1) is 0 Å². The average molecular weight is 140 g/mol. The second kappa shape index (κ2) is 2.73. The van der Waals surface area contributed by atoms with Crippen LogP contribution < -0.4 is 0 Å². The molecule has 1 atom stereocenters. The molecule has 48 valence electrons. The SMILES string of the molecule is CS(=N)c1ccccn1. The van der Waals surface area contributed by atoms with Crippen molar-refractivity contribution >= 4 is 10.7 Å². The van der Waals surface area contributed by atoms with Crippen molar-refractivity contribution in [1.29, 1.82) is 4.78 Å². The van der Waals surface area contributed by atoms with Crippen LogP contribution in [0.1, 0.15) is 0 Å². The highest BCUT2D eigenvalue weighted by atomic mass is 32.2. The summed E-state index contributed by atoms with van der Waals surface area (Å²) in [6.45, 7) is 0. The molecule has 0 aliphatic rings. The maximum Gasteiger partial charge on any atom is 0.106 e. The van der Waals surface area contributed by atoms with Gasteiger partial charge < -0.3 is 0 Å². The zero-order valence-electron chi connectivity index (χ0n) is 5.16. The van der Waals surface area contributed by atoms with E-state index >= 15 is 0 Å². The van der Waals surface area contributed by atoms with Gasteiger partial charge in [-0.05, 0) is 18.4 Å². The summed E-state index contributed by atoms with van der Waals surface area (Å²) >= 11 is 0. The predicted molar refractivity (Wildman–Crippen MR) is 38.5 cm³/mol. The molecule has 0 bridgehead atoms. The van der Waals surface area contributed by atoms with Gasteiger partial charge in [0.05, 0.1) is 0 Å². The number of rotatable bonds is 1. The van der Waals surface area contributed by atoms with E-state index in [-0.39, 0.29) is 0 Å². The highest BCUT2D eigenvalue weighted by Crippen LogP contribution is 1.97. The molecule has 1 aromatic heterocycles. The van der Waals surface area contributed by atoms with Crippen LogP contribution in [-0.4, -0.2) is 11.2 Å². The minimum Gasteiger partial charge on any atom is -0.274 e. The summed E-state index contributed by atoms with van der Waals surface area (Å²) in [5.41, 5.74) is 0. The van der Waals surface area contributed by atoms with Crippen LogP contribution in [0.3, 0.4) is 0 Å². The molecule has 0 fully saturated rings. The minimum absolute atomic E-state index is 0.440. The summed E-state index contributed by atoms with van der Waals surface area (Å²) in [7, 11) is -0.440. The first-order valence-corrected chi connectivity index (χ1v) is 4.22. The molecule has 1 unspecified atom stereocenters. The van der Waals surface area contributed by atoms with E-state index < -0.39 is 10.7 Å². The van der Waals surface area contributed by atoms with E-state index in [1.165, 1.54) is 0 Å². The van der Waals surface area contributed by atoms with Crippen LogP contribution in [0, 0.1) is 4.78 Å². The zero-order valence-corrected chi connectivity index (χ0v) is 5.98. The molecular weight excluding hydrogens is 132 g/mol. The molecule has 9 heavy (non-hydrogen) atoms. The lowest BCUT2D eigenvalue weighted by Gasteiger charge is -1.93. The quantitative estimate of drug-likeness (QED) is 0.629. The van der Waals surface area contributed by atoms with Crippen molar-refractivity contribution < 1.29 is 0 Å². The Kier molecular flexibility index (Phi) is 1.95. The Morgan fingerprint density at radius 2 is 2.33 bits per heavy atom. The Hall–Kier alpha value is -0.700. The van der Waals surface area contributed by atoms with Crippen molar-refractivity contribution in [3.05, 3.63) is 24.4 Å². The maximum absolute atomic E-state index is 7.28. The monoisotopic (exact) mass is 140 g/mol. The van der Waals surface area contributed by atoms with Gasteiger partial charge >= 0.3 is 0 Å². The van der Waals surface area contributed by atoms with Crippen LogP contribution >= 0.6 is 0 Å². The molecular formula is C6H8N2S. The molecule has 3 heteroatoms. The fraction of sp³-hybridized carbons (Fsp3) is 0.167. The van der Waals surface area contributed by atoms with Crippen molar-refractivity contribution in [2.45, 2.75) is 5.03 Å². The van der Waals surface area contributed by atoms with Gasteiger partial charge in [0, 0.05) is 6.20 Å². The Labute approximate surface area is 56.8 Å². The third kappa shape index (κ3) is 1.61. The third-order valence-electron chi connectivity index (χ3n) is 0.951. The van der Waals surface area contributed by atoms with Gasteiger partial charge in [-0.25, -0.2) is 4.98 Å². The molecule has 1 N–H and O–H groups in total. The van der Waals surface area contributed by atoms with Gasteiger partial charge in [-0.2, -0.15) is 0 Å². The van der Waals surface area contributed by atoms with Crippen LogP contribution in [0.15, 0.2) is 29.4 Å². The van der Waals surface area contributed by atoms with Crippen molar-refractivity contribution in [2.24, 2.45) is 0 Å². The molecule has 0 spiro atoms. The Morgan fingerprint density at radius 3 is 2.67 bits per heavy atom. The van der Waals surface area contributed by atoms with E-state index in [0.717, 1.165) is 5.03 Å². The predicted octanol–water partition coefficient (Wildman–Crippen LogP) is 1.45. The molecule has 1 aromatic rings. The van der Waals surface area contributed by atoms with Crippen molar-refractivity contribution in [3.8, 4) is 0 Å². The first-order chi connectivity index (χ1) is 4.30. The van der Waals surface area contributed by atoms with E-state index in [2.05, 4.69) is 4.98 Å². The lowest BCUT2D eigenvalue weighted by atomic mass is 10.5. The number of aromatic nitrogens is 1. The van der Waals surface area contributed by atoms with Crippen LogP contribution in [0.4, 0.5) is 0 Å². The Morgan fingerprint density at radius 1 is 1.56 bits per heavy atom. The van der Waals surface area contributed by atoms with Gasteiger partial charge in [0.25, 0.3) is 0 Å². The molecule has 0 radical (unpaired) electrons. The average Bonchev–Trinajstić information content (AvgIpc) is 1.90. The van der Waals surface area contributed by atoms with Crippen LogP contribution in [0.25, 0.3) is 0 Å². The number of hydrogen-bond acceptors (Lipinski definition) is 2. The second-order valence-corrected chi connectivity index (χ2v) is 3.12. The van der Waals surface area contributed by atoms with Gasteiger partial charge in [0.1, 0.15) is 5.03 Å². The van der Waals surface area contributed by atoms with Gasteiger partial charge in [-0.3, -0.25) is 4.78 Å². The number of hydrogen-bond donors (Lipinski definition) is 1. The van der Waals surface area contributed by atoms with Crippen LogP contribution in [-0.2, 0) is 10.7 Å². The van der Waals surface area contributed by atoms with Gasteiger partial charge in [0.15, 0.2) is 0 Å². The summed E-state index contributed by atoms with van der Waals surface area (Å²) < 4.78 is 7.28. The first-order valence-electron chi connectivity index (χ1n) is 2.59. The summed E-state index contributed by atoms with van der Waals surface area (Å²) in [6.07, 6.45) is 3.55. The van der Waals surface area contributed by atoms with E-state index in [9.17, 15) is 0 Å². The van der Waals surface area contributed by atoms with E-state index in [4.69, 9.17) is 4.78 Å². The second-order valence-electron chi connectivity index (χ2n) is 1.68. The van der Waals surface area contributed by atoms with Crippen molar-refractivity contribution in [2.75, 3.05) is 6.26 Å². The van der Waals surface area contributed by atoms with E-state index in [1.807, 2.05) is 24.5 Å². The summed E-state index contributed by atoms with van der Waals surface area (Å²) in [4.78, 5) is 4.00. The van der Waals surface area contributed by atoms with Crippen molar-refractivity contribution in [3.63, 3.8) is 0 Å². The summed E-state index contributed by atoms with van der Waals surface area (Å²) in [5.74, 6) is 0. The normalized spacial score (nSPS) is 13.0. The van der Waals surface area contributed by atoms with Gasteiger partial charge in [-0.1, -0.05) is 16.8 Å². The Balaban J connectivity index is 2.98. The van der Waals surface area contributed by atoms with Crippen molar-refractivity contribution in [1.82, 2.24) is 4.98 Å². The smallest absolute Gasteiger partial charge is 0.106 e. The maximum atomic E-state index is 7.28. The molecule has 0 aliphatic carbocycles. The molecule has 0 amide bonds. The highest BCUT2D eigenvalue weighted by molar-refractivity contribution is 7.85. The van der Waals surface area contributed by atoms with Gasteiger partial charge in [0.2, 0.25) is 0 Å². The largest absolute Gasteiger partial charge is 0.274 e. The summed E-state index contributed by atoms with van der Waals surface area (Å²) in [6, 6.07) is 5.63. The minimum atomic E-state index is -0.440. The fourth-order valence-corrected chi connectivity index (χ4v) is 1.03. The van der Waals surface area contributed by atoms with E-state index in [1.54, 1.807) is 6.20 Å². The molecule has 0 saturated heterocycles. The highest BCUT2D eigenvalue weighted by Gasteiger charge is 1.88. The number of nitrogens with zero attached hydrogens (tertiary/aromatic N) is 1. The number of pyridine rings is 1. The zero-order chi connectivity index (χ0) is 6.69. The molecule has 2 nitrogen and oxygen atoms in total. The van der Waals surface area contributed by atoms with Crippen LogP contribution in [0.5, 0.6) is 0 Å². The molecule has 1 heterocycles. The molecule has 0 aliphatic heterocycles. The molecule has 1 rings (SSSR count). The lowest BCUT2D eigenvalue weighted by molar-refractivity contribution is 1.13. The fourth-order valence-electron chi connectivity index (χ4n) is 0.528.